The smallest absolute Gasteiger partial charge is 0.348 e. The molecule has 0 unspecified atom stereocenters. The van der Waals surface area contributed by atoms with E-state index in [-0.39, 0.29) is 26.8 Å². The molecule has 0 radical (unpaired) electrons. The van der Waals surface area contributed by atoms with Crippen LogP contribution in [0.3, 0.4) is 0 Å². The Morgan fingerprint density at radius 3 is 2.46 bits per heavy atom. The van der Waals surface area contributed by atoms with Crippen LogP contribution in [0.4, 0.5) is 0 Å². The Bertz CT molecular complexity index is 850. The molecule has 8 nitrogen and oxygen atoms in total. The van der Waals surface area contributed by atoms with Gasteiger partial charge in [-0.25, -0.2) is 22.7 Å². The molecule has 24 heavy (non-hydrogen) atoms. The Morgan fingerprint density at radius 2 is 1.92 bits per heavy atom. The molecule has 2 aromatic heterocycles. The monoisotopic (exact) mass is 373 g/mol. The van der Waals surface area contributed by atoms with Crippen LogP contribution < -0.4 is 4.72 Å². The van der Waals surface area contributed by atoms with E-state index in [1.165, 1.54) is 20.3 Å². The maximum atomic E-state index is 12.5. The number of sulfonamides is 1. The number of carbonyl (C=O) groups is 2. The number of thiophene rings is 1. The van der Waals surface area contributed by atoms with Crippen molar-refractivity contribution < 1.29 is 31.9 Å². The minimum atomic E-state index is -4.07. The van der Waals surface area contributed by atoms with Gasteiger partial charge in [0.25, 0.3) is 10.0 Å². The van der Waals surface area contributed by atoms with Crippen LogP contribution in [0, 0.1) is 6.92 Å². The quantitative estimate of drug-likeness (QED) is 0.767. The number of carbonyl (C=O) groups excluding carboxylic acids is 2. The van der Waals surface area contributed by atoms with E-state index < -0.39 is 22.0 Å². The van der Waals surface area contributed by atoms with E-state index in [1.54, 1.807) is 12.1 Å². The van der Waals surface area contributed by atoms with Gasteiger partial charge < -0.3 is 13.9 Å². The van der Waals surface area contributed by atoms with Crippen LogP contribution in [0.2, 0.25) is 0 Å². The minimum Gasteiger partial charge on any atom is -0.468 e. The maximum Gasteiger partial charge on any atom is 0.348 e. The molecule has 0 aliphatic heterocycles. The van der Waals surface area contributed by atoms with Crippen LogP contribution in [0.5, 0.6) is 0 Å². The van der Waals surface area contributed by atoms with Gasteiger partial charge in [-0.1, -0.05) is 0 Å². The van der Waals surface area contributed by atoms with Crippen molar-refractivity contribution in [1.82, 2.24) is 4.72 Å². The van der Waals surface area contributed by atoms with Gasteiger partial charge >= 0.3 is 11.9 Å². The normalized spacial score (nSPS) is 11.3. The fraction of sp³-hybridized carbons (Fsp3) is 0.286. The maximum absolute atomic E-state index is 12.5. The van der Waals surface area contributed by atoms with Crippen LogP contribution in [0.15, 0.2) is 27.0 Å². The van der Waals surface area contributed by atoms with Crippen molar-refractivity contribution >= 4 is 33.3 Å². The molecule has 0 saturated carbocycles. The van der Waals surface area contributed by atoms with E-state index in [4.69, 9.17) is 4.42 Å². The van der Waals surface area contributed by atoms with E-state index >= 15 is 0 Å². The second-order valence-electron chi connectivity index (χ2n) is 4.61. The predicted molar refractivity (Wildman–Crippen MR) is 84.5 cm³/mol. The van der Waals surface area contributed by atoms with Crippen LogP contribution in [-0.2, 0) is 26.0 Å². The van der Waals surface area contributed by atoms with Crippen molar-refractivity contribution in [3.05, 3.63) is 40.2 Å². The Morgan fingerprint density at radius 1 is 1.25 bits per heavy atom. The molecular weight excluding hydrogens is 358 g/mol. The van der Waals surface area contributed by atoms with Crippen molar-refractivity contribution in [3.63, 3.8) is 0 Å². The highest BCUT2D eigenvalue weighted by Crippen LogP contribution is 2.33. The minimum absolute atomic E-state index is 0.0243. The lowest BCUT2D eigenvalue weighted by Crippen LogP contribution is -2.24. The second kappa shape index (κ2) is 7.16. The van der Waals surface area contributed by atoms with Crippen molar-refractivity contribution in [3.8, 4) is 0 Å². The van der Waals surface area contributed by atoms with Gasteiger partial charge in [0.05, 0.1) is 32.6 Å². The molecule has 2 aromatic rings. The summed E-state index contributed by atoms with van der Waals surface area (Å²) in [5, 5.41) is 0. The van der Waals surface area contributed by atoms with Gasteiger partial charge in [-0.3, -0.25) is 0 Å². The van der Waals surface area contributed by atoms with E-state index in [1.807, 2.05) is 0 Å². The highest BCUT2D eigenvalue weighted by Gasteiger charge is 2.32. The first-order valence-electron chi connectivity index (χ1n) is 6.64. The first-order chi connectivity index (χ1) is 11.3. The molecule has 0 spiro atoms. The Balaban J connectivity index is 2.46. The Kier molecular flexibility index (Phi) is 5.42. The topological polar surface area (TPSA) is 112 Å². The molecule has 0 amide bonds. The molecule has 1 N–H and O–H groups in total. The van der Waals surface area contributed by atoms with Gasteiger partial charge in [0.1, 0.15) is 10.6 Å². The number of rotatable bonds is 6. The van der Waals surface area contributed by atoms with Crippen LogP contribution in [-0.4, -0.2) is 34.6 Å². The van der Waals surface area contributed by atoms with E-state index in [0.717, 1.165) is 7.11 Å². The number of ether oxygens (including phenoxy) is 2. The number of hydrogen-bond acceptors (Lipinski definition) is 8. The third-order valence-corrected chi connectivity index (χ3v) is 6.33. The summed E-state index contributed by atoms with van der Waals surface area (Å²) >= 11 is 0.650. The molecule has 0 aliphatic carbocycles. The average molecular weight is 373 g/mol. The first-order valence-corrected chi connectivity index (χ1v) is 8.93. The molecule has 2 heterocycles. The first kappa shape index (κ1) is 18.2. The fourth-order valence-electron chi connectivity index (χ4n) is 1.95. The number of nitrogens with one attached hydrogen (secondary N) is 1. The summed E-state index contributed by atoms with van der Waals surface area (Å²) < 4.78 is 41.4. The van der Waals surface area contributed by atoms with Crippen LogP contribution in [0.1, 0.15) is 31.4 Å². The van der Waals surface area contributed by atoms with Gasteiger partial charge in [0.2, 0.25) is 0 Å². The van der Waals surface area contributed by atoms with Crippen LogP contribution in [0.25, 0.3) is 0 Å². The molecule has 0 aliphatic rings. The highest BCUT2D eigenvalue weighted by atomic mass is 32.2. The van der Waals surface area contributed by atoms with Gasteiger partial charge in [-0.05, 0) is 24.6 Å². The number of furan rings is 1. The zero-order chi connectivity index (χ0) is 17.9. The van der Waals surface area contributed by atoms with Gasteiger partial charge in [0, 0.05) is 0 Å². The Hall–Kier alpha value is -2.17. The molecular formula is C14H15NO7S2. The third kappa shape index (κ3) is 3.50. The predicted octanol–water partition coefficient (Wildman–Crippen LogP) is 1.70. The number of esters is 2. The summed E-state index contributed by atoms with van der Waals surface area (Å²) in [6, 6.07) is 3.22. The standard InChI is InChI=1S/C14H15NO7S2/c1-8-10(12(16)20-2)14(23-11(8)13(17)21-3)24(18,19)15-7-9-5-4-6-22-9/h4-6,15H,7H2,1-3H3. The fourth-order valence-corrected chi connectivity index (χ4v) is 4.73. The van der Waals surface area contributed by atoms with E-state index in [0.29, 0.717) is 17.1 Å². The molecule has 2 rings (SSSR count). The molecule has 0 bridgehead atoms. The number of hydrogen-bond donors (Lipinski definition) is 1. The summed E-state index contributed by atoms with van der Waals surface area (Å²) in [5.41, 5.74) is 0.00641. The third-order valence-electron chi connectivity index (χ3n) is 3.14. The lowest BCUT2D eigenvalue weighted by molar-refractivity contribution is 0.0596. The summed E-state index contributed by atoms with van der Waals surface area (Å²) in [5.74, 6) is -1.17. The van der Waals surface area contributed by atoms with Crippen molar-refractivity contribution in [2.24, 2.45) is 0 Å². The zero-order valence-electron chi connectivity index (χ0n) is 13.1. The molecule has 0 atom stereocenters. The van der Waals surface area contributed by atoms with Crippen molar-refractivity contribution in [2.45, 2.75) is 17.7 Å². The summed E-state index contributed by atoms with van der Waals surface area (Å²) in [6.45, 7) is 1.36. The summed E-state index contributed by atoms with van der Waals surface area (Å²) in [7, 11) is -1.77. The van der Waals surface area contributed by atoms with Gasteiger partial charge in [0.15, 0.2) is 4.21 Å². The van der Waals surface area contributed by atoms with Crippen molar-refractivity contribution in [1.29, 1.82) is 0 Å². The highest BCUT2D eigenvalue weighted by molar-refractivity contribution is 7.91. The van der Waals surface area contributed by atoms with E-state index in [9.17, 15) is 18.0 Å². The molecule has 0 fully saturated rings. The summed E-state index contributed by atoms with van der Waals surface area (Å²) in [4.78, 5) is 23.8. The molecule has 130 valence electrons. The SMILES string of the molecule is COC(=O)c1sc(S(=O)(=O)NCc2ccco2)c(C(=O)OC)c1C. The second-order valence-corrected chi connectivity index (χ2v) is 7.59. The van der Waals surface area contributed by atoms with E-state index in [2.05, 4.69) is 14.2 Å². The van der Waals surface area contributed by atoms with Gasteiger partial charge in [-0.2, -0.15) is 0 Å². The lowest BCUT2D eigenvalue weighted by Gasteiger charge is -2.06. The summed E-state index contributed by atoms with van der Waals surface area (Å²) in [6.07, 6.45) is 1.41. The average Bonchev–Trinajstić information content (AvgIpc) is 3.19. The molecule has 0 aromatic carbocycles. The zero-order valence-corrected chi connectivity index (χ0v) is 14.7. The van der Waals surface area contributed by atoms with Crippen LogP contribution >= 0.6 is 11.3 Å². The number of methoxy groups -OCH3 is 2. The largest absolute Gasteiger partial charge is 0.468 e. The Labute approximate surface area is 142 Å². The molecule has 0 saturated heterocycles. The van der Waals surface area contributed by atoms with Gasteiger partial charge in [-0.15, -0.1) is 11.3 Å². The van der Waals surface area contributed by atoms with Crippen molar-refractivity contribution in [2.75, 3.05) is 14.2 Å². The molecule has 10 heteroatoms. The lowest BCUT2D eigenvalue weighted by atomic mass is 10.2.